The maximum absolute atomic E-state index is 9.01. The Kier molecular flexibility index (Phi) is 13.8. The minimum atomic E-state index is 0.380. The summed E-state index contributed by atoms with van der Waals surface area (Å²) in [5.74, 6) is 0. The predicted molar refractivity (Wildman–Crippen MR) is 115 cm³/mol. The highest BCUT2D eigenvalue weighted by molar-refractivity contribution is 5.59. The molecule has 0 aliphatic rings. The first kappa shape index (κ1) is 25.2. The van der Waals surface area contributed by atoms with Gasteiger partial charge in [-0.25, -0.2) is 0 Å². The van der Waals surface area contributed by atoms with Crippen LogP contribution < -0.4 is 10.6 Å². The molecule has 0 bridgehead atoms. The Labute approximate surface area is 177 Å². The van der Waals surface area contributed by atoms with Crippen molar-refractivity contribution in [3.63, 3.8) is 0 Å². The van der Waals surface area contributed by atoms with Gasteiger partial charge in [0.05, 0.1) is 47.9 Å². The van der Waals surface area contributed by atoms with Gasteiger partial charge in [0.2, 0.25) is 0 Å². The van der Waals surface area contributed by atoms with Crippen molar-refractivity contribution in [3.8, 4) is 30.3 Å². The summed E-state index contributed by atoms with van der Waals surface area (Å²) in [5.41, 5.74) is 7.85. The second-order valence-corrected chi connectivity index (χ2v) is 5.46. The van der Waals surface area contributed by atoms with Gasteiger partial charge < -0.3 is 10.6 Å². The van der Waals surface area contributed by atoms with Crippen LogP contribution in [0.25, 0.3) is 0 Å². The van der Waals surface area contributed by atoms with Gasteiger partial charge in [0.1, 0.15) is 12.1 Å². The van der Waals surface area contributed by atoms with E-state index in [1.807, 2.05) is 23.1 Å². The van der Waals surface area contributed by atoms with E-state index in [-0.39, 0.29) is 0 Å². The third-order valence-corrected chi connectivity index (χ3v) is 3.52. The molecule has 0 heterocycles. The molecule has 0 atom stereocenters. The summed E-state index contributed by atoms with van der Waals surface area (Å²) in [6, 6.07) is 24.1. The molecule has 0 saturated carbocycles. The normalized spacial score (nSPS) is 7.97. The van der Waals surface area contributed by atoms with Crippen LogP contribution in [0.15, 0.2) is 61.2 Å². The Bertz CT molecular complexity index is 990. The maximum Gasteiger partial charge on any atom is 0.101 e. The van der Waals surface area contributed by atoms with Crippen molar-refractivity contribution in [1.82, 2.24) is 0 Å². The molecule has 0 aliphatic carbocycles. The lowest BCUT2D eigenvalue weighted by Crippen LogP contribution is -2.26. The van der Waals surface area contributed by atoms with Gasteiger partial charge in [0, 0.05) is 24.9 Å². The number of benzene rings is 2. The van der Waals surface area contributed by atoms with Crippen LogP contribution in [0.2, 0.25) is 0 Å². The van der Waals surface area contributed by atoms with Gasteiger partial charge in [0.25, 0.3) is 0 Å². The molecule has 0 radical (unpaired) electrons. The van der Waals surface area contributed by atoms with E-state index in [9.17, 15) is 0 Å². The maximum atomic E-state index is 9.01. The fourth-order valence-electron chi connectivity index (χ4n) is 2.17. The number of nitrogens with zero attached hydrogens (tertiary/aromatic N) is 6. The molecule has 2 aromatic rings. The average Bonchev–Trinajstić information content (AvgIpc) is 2.80. The lowest BCUT2D eigenvalue weighted by atomic mass is 10.1. The van der Waals surface area contributed by atoms with Crippen LogP contribution in [0.3, 0.4) is 0 Å². The van der Waals surface area contributed by atoms with Gasteiger partial charge in [-0.1, -0.05) is 30.8 Å². The summed E-state index contributed by atoms with van der Waals surface area (Å²) in [5, 5.41) is 42.1. The molecule has 148 valence electrons. The van der Waals surface area contributed by atoms with E-state index in [1.165, 1.54) is 6.08 Å². The smallest absolute Gasteiger partial charge is 0.101 e. The van der Waals surface area contributed by atoms with E-state index in [1.54, 1.807) is 42.5 Å². The zero-order valence-electron chi connectivity index (χ0n) is 16.5. The minimum absolute atomic E-state index is 0.380. The summed E-state index contributed by atoms with van der Waals surface area (Å²) < 4.78 is 0. The Morgan fingerprint density at radius 3 is 1.67 bits per heavy atom. The molecule has 0 saturated heterocycles. The van der Waals surface area contributed by atoms with E-state index in [4.69, 9.17) is 32.0 Å². The molecular weight excluding hydrogens is 374 g/mol. The Morgan fingerprint density at radius 1 is 0.800 bits per heavy atom. The first-order valence-electron chi connectivity index (χ1n) is 8.82. The van der Waals surface area contributed by atoms with Gasteiger partial charge in [-0.2, -0.15) is 26.3 Å². The Balaban J connectivity index is 0.000000537. The van der Waals surface area contributed by atoms with Crippen LogP contribution in [-0.2, 0) is 0 Å². The number of para-hydroxylation sites is 2. The molecule has 0 fully saturated rings. The molecule has 7 nitrogen and oxygen atoms in total. The van der Waals surface area contributed by atoms with Crippen LogP contribution in [-0.4, -0.2) is 13.1 Å². The molecule has 2 N–H and O–H groups in total. The summed E-state index contributed by atoms with van der Waals surface area (Å²) in [6.07, 6.45) is 1.94. The van der Waals surface area contributed by atoms with Crippen molar-refractivity contribution < 1.29 is 0 Å². The molecule has 30 heavy (non-hydrogen) atoms. The number of allylic oxidation sites excluding steroid dienone is 1. The first-order chi connectivity index (χ1) is 14.6. The topological polar surface area (TPSA) is 148 Å². The highest BCUT2D eigenvalue weighted by atomic mass is 15.1. The SMILES string of the molecule is C=CC#N.N#CCCN(CCC#N)c1ccccc1C#N.N#Cc1ccccc1N. The molecule has 0 amide bonds. The fourth-order valence-corrected chi connectivity index (χ4v) is 2.17. The number of hydrogen-bond donors (Lipinski definition) is 1. The third-order valence-electron chi connectivity index (χ3n) is 3.52. The number of nitrogen functional groups attached to an aromatic ring is 1. The molecule has 7 heteroatoms. The second-order valence-electron chi connectivity index (χ2n) is 5.46. The standard InChI is InChI=1S/C13H12N4.C7H6N2.C3H3N/c14-7-3-9-17(10-4-8-15)13-6-2-1-5-12(13)11-16;8-5-6-3-1-2-4-7(6)9;1-2-3-4/h1-2,5-6H,3-4,9-10H2;1-4H,9H2;2H,1H2. The summed E-state index contributed by atoms with van der Waals surface area (Å²) in [6.45, 7) is 4.20. The number of anilines is 2. The van der Waals surface area contributed by atoms with Gasteiger partial charge in [0.15, 0.2) is 0 Å². The van der Waals surface area contributed by atoms with E-state index in [0.29, 0.717) is 42.7 Å². The summed E-state index contributed by atoms with van der Waals surface area (Å²) >= 11 is 0. The molecule has 2 rings (SSSR count). The lowest BCUT2D eigenvalue weighted by molar-refractivity contribution is 0.795. The highest BCUT2D eigenvalue weighted by Crippen LogP contribution is 2.19. The number of nitriles is 5. The van der Waals surface area contributed by atoms with Crippen molar-refractivity contribution >= 4 is 11.4 Å². The summed E-state index contributed by atoms with van der Waals surface area (Å²) in [4.78, 5) is 1.91. The van der Waals surface area contributed by atoms with Crippen molar-refractivity contribution in [1.29, 1.82) is 26.3 Å². The van der Waals surface area contributed by atoms with E-state index < -0.39 is 0 Å². The number of hydrogen-bond acceptors (Lipinski definition) is 7. The molecule has 0 unspecified atom stereocenters. The number of nitrogens with two attached hydrogens (primary N) is 1. The highest BCUT2D eigenvalue weighted by Gasteiger charge is 2.09. The van der Waals surface area contributed by atoms with Crippen molar-refractivity contribution in [2.75, 3.05) is 23.7 Å². The zero-order valence-corrected chi connectivity index (χ0v) is 16.5. The second kappa shape index (κ2) is 16.4. The van der Waals surface area contributed by atoms with Crippen LogP contribution >= 0.6 is 0 Å². The van der Waals surface area contributed by atoms with Gasteiger partial charge in [-0.05, 0) is 24.3 Å². The number of rotatable bonds is 5. The van der Waals surface area contributed by atoms with Gasteiger partial charge in [-0.3, -0.25) is 0 Å². The molecule has 0 spiro atoms. The van der Waals surface area contributed by atoms with Crippen LogP contribution in [0.1, 0.15) is 24.0 Å². The van der Waals surface area contributed by atoms with Crippen LogP contribution in [0.5, 0.6) is 0 Å². The molecule has 0 aromatic heterocycles. The third kappa shape index (κ3) is 9.80. The molecule has 2 aromatic carbocycles. The Morgan fingerprint density at radius 2 is 1.27 bits per heavy atom. The predicted octanol–water partition coefficient (Wildman–Crippen LogP) is 4.03. The van der Waals surface area contributed by atoms with Crippen molar-refractivity contribution in [2.45, 2.75) is 12.8 Å². The molecular formula is C23H21N7. The van der Waals surface area contributed by atoms with Gasteiger partial charge in [-0.15, -0.1) is 0 Å². The zero-order chi connectivity index (χ0) is 22.6. The Hall–Kier alpha value is -4.77. The van der Waals surface area contributed by atoms with Crippen molar-refractivity contribution in [2.24, 2.45) is 0 Å². The van der Waals surface area contributed by atoms with Crippen LogP contribution in [0, 0.1) is 56.7 Å². The van der Waals surface area contributed by atoms with Crippen molar-refractivity contribution in [3.05, 3.63) is 72.3 Å². The monoisotopic (exact) mass is 395 g/mol. The van der Waals surface area contributed by atoms with E-state index in [2.05, 4.69) is 24.8 Å². The largest absolute Gasteiger partial charge is 0.398 e. The fraction of sp³-hybridized carbons (Fsp3) is 0.174. The summed E-state index contributed by atoms with van der Waals surface area (Å²) in [7, 11) is 0. The van der Waals surface area contributed by atoms with Crippen LogP contribution in [0.4, 0.5) is 11.4 Å². The van der Waals surface area contributed by atoms with E-state index >= 15 is 0 Å². The van der Waals surface area contributed by atoms with Gasteiger partial charge >= 0.3 is 0 Å². The van der Waals surface area contributed by atoms with E-state index in [0.717, 1.165) is 5.69 Å². The minimum Gasteiger partial charge on any atom is -0.398 e. The lowest BCUT2D eigenvalue weighted by Gasteiger charge is -2.23. The molecule has 0 aliphatic heterocycles. The quantitative estimate of drug-likeness (QED) is 0.593. The average molecular weight is 395 g/mol. The first-order valence-corrected chi connectivity index (χ1v) is 8.82.